The van der Waals surface area contributed by atoms with Crippen LogP contribution in [0.5, 0.6) is 0 Å². The monoisotopic (exact) mass is 570 g/mol. The van der Waals surface area contributed by atoms with Gasteiger partial charge in [-0.2, -0.15) is 36.9 Å². The molecule has 2 saturated carbocycles. The Morgan fingerprint density at radius 1 is 0.718 bits per heavy atom. The maximum atomic E-state index is 5.33. The molecule has 0 radical (unpaired) electrons. The Bertz CT molecular complexity index is 945. The van der Waals surface area contributed by atoms with Gasteiger partial charge in [-0.25, -0.2) is 0 Å². The average Bonchev–Trinajstić information content (AvgIpc) is 3.87. The number of epoxide rings is 2. The van der Waals surface area contributed by atoms with E-state index in [1.54, 1.807) is 11.8 Å². The van der Waals surface area contributed by atoms with Gasteiger partial charge in [0.25, 0.3) is 0 Å². The summed E-state index contributed by atoms with van der Waals surface area (Å²) >= 11 is 0. The van der Waals surface area contributed by atoms with Crippen molar-refractivity contribution in [3.8, 4) is 0 Å². The molecule has 2 aliphatic carbocycles. The van der Waals surface area contributed by atoms with E-state index in [1.807, 2.05) is 12.1 Å². The second-order valence-corrected chi connectivity index (χ2v) is 11.0. The minimum atomic E-state index is 0. The predicted octanol–water partition coefficient (Wildman–Crippen LogP) is 6.54. The summed E-state index contributed by atoms with van der Waals surface area (Å²) in [5.41, 5.74) is 2.29. The fourth-order valence-electron chi connectivity index (χ4n) is 5.16. The van der Waals surface area contributed by atoms with E-state index in [4.69, 9.17) is 19.7 Å². The fraction of sp³-hybridized carbons (Fsp3) is 0.500. The Morgan fingerprint density at radius 3 is 1.41 bits per heavy atom. The predicted molar refractivity (Wildman–Crippen MR) is 157 cm³/mol. The zero-order valence-corrected chi connectivity index (χ0v) is 24.4. The summed E-state index contributed by atoms with van der Waals surface area (Å²) in [6, 6.07) is 20.7. The van der Waals surface area contributed by atoms with Gasteiger partial charge >= 0.3 is 17.1 Å². The molecule has 2 saturated heterocycles. The first-order chi connectivity index (χ1) is 18.7. The van der Waals surface area contributed by atoms with Gasteiger partial charge in [0.05, 0.1) is 37.7 Å². The van der Waals surface area contributed by atoms with E-state index < -0.39 is 0 Å². The first-order valence-corrected chi connectivity index (χ1v) is 14.3. The Kier molecular flexibility index (Phi) is 11.5. The number of ether oxygens (including phenoxy) is 2. The second kappa shape index (κ2) is 15.0. The quantitative estimate of drug-likeness (QED) is 0.107. The van der Waals surface area contributed by atoms with Crippen LogP contribution < -0.4 is 10.0 Å². The van der Waals surface area contributed by atoms with E-state index in [0.717, 1.165) is 37.7 Å². The molecule has 4 aliphatic rings. The minimum absolute atomic E-state index is 0. The number of para-hydroxylation sites is 2. The van der Waals surface area contributed by atoms with Crippen molar-refractivity contribution in [2.75, 3.05) is 36.3 Å². The SMILES string of the molecule is C[C-]1CCCC1/C=N/N(CC1CO1)c1ccccc1.C[C-]1CCCC1/C=N/N(CC1CO1)c1ccccc1.[Fe+2]. The maximum absolute atomic E-state index is 5.33. The van der Waals surface area contributed by atoms with Crippen molar-refractivity contribution in [3.63, 3.8) is 0 Å². The number of nitrogens with zero attached hydrogens (tertiary/aromatic N) is 4. The summed E-state index contributed by atoms with van der Waals surface area (Å²) in [5, 5.41) is 13.6. The Balaban J connectivity index is 0.000000176. The second-order valence-electron chi connectivity index (χ2n) is 11.0. The first kappa shape index (κ1) is 29.8. The Morgan fingerprint density at radius 2 is 1.10 bits per heavy atom. The fourth-order valence-corrected chi connectivity index (χ4v) is 5.16. The zero-order valence-electron chi connectivity index (χ0n) is 23.3. The molecule has 7 heteroatoms. The van der Waals surface area contributed by atoms with E-state index in [0.29, 0.717) is 24.0 Å². The summed E-state index contributed by atoms with van der Waals surface area (Å²) < 4.78 is 10.7. The van der Waals surface area contributed by atoms with Crippen molar-refractivity contribution in [2.45, 2.75) is 64.6 Å². The van der Waals surface area contributed by atoms with Crippen LogP contribution in [0.2, 0.25) is 0 Å². The average molecular weight is 571 g/mol. The van der Waals surface area contributed by atoms with Crippen LogP contribution in [0.3, 0.4) is 0 Å². The molecule has 4 unspecified atom stereocenters. The van der Waals surface area contributed by atoms with Crippen molar-refractivity contribution >= 4 is 23.8 Å². The van der Waals surface area contributed by atoms with Crippen LogP contribution in [-0.4, -0.2) is 50.9 Å². The summed E-state index contributed by atoms with van der Waals surface area (Å²) in [7, 11) is 0. The Labute approximate surface area is 245 Å². The molecule has 0 bridgehead atoms. The van der Waals surface area contributed by atoms with Crippen LogP contribution in [-0.2, 0) is 26.5 Å². The van der Waals surface area contributed by atoms with Crippen LogP contribution in [0.15, 0.2) is 70.9 Å². The number of benzene rings is 2. The molecule has 4 fully saturated rings. The van der Waals surface area contributed by atoms with E-state index in [1.165, 1.54) is 38.5 Å². The van der Waals surface area contributed by atoms with Crippen molar-refractivity contribution in [1.29, 1.82) is 0 Å². The third kappa shape index (κ3) is 9.46. The Hall–Kier alpha value is -2.18. The topological polar surface area (TPSA) is 56.3 Å². The number of hydrogen-bond acceptors (Lipinski definition) is 6. The smallest absolute Gasteiger partial charge is 0.371 e. The molecule has 0 aromatic heterocycles. The molecular formula is C32H42FeN4O2. The van der Waals surface area contributed by atoms with Crippen LogP contribution in [0.1, 0.15) is 52.4 Å². The van der Waals surface area contributed by atoms with E-state index in [-0.39, 0.29) is 17.1 Å². The minimum Gasteiger partial charge on any atom is -0.371 e. The third-order valence-corrected chi connectivity index (χ3v) is 7.88. The summed E-state index contributed by atoms with van der Waals surface area (Å²) in [6.45, 7) is 7.94. The van der Waals surface area contributed by atoms with Gasteiger partial charge in [0.2, 0.25) is 0 Å². The molecule has 6 rings (SSSR count). The third-order valence-electron chi connectivity index (χ3n) is 7.88. The molecule has 0 spiro atoms. The van der Waals surface area contributed by atoms with Gasteiger partial charge in [0.1, 0.15) is 12.2 Å². The number of hydrogen-bond donors (Lipinski definition) is 0. The molecule has 4 atom stereocenters. The van der Waals surface area contributed by atoms with Crippen molar-refractivity contribution in [1.82, 2.24) is 0 Å². The van der Waals surface area contributed by atoms with Gasteiger partial charge in [0.15, 0.2) is 0 Å². The normalized spacial score (nSPS) is 26.3. The van der Waals surface area contributed by atoms with Crippen LogP contribution in [0.25, 0.3) is 0 Å². The molecule has 0 amide bonds. The van der Waals surface area contributed by atoms with Gasteiger partial charge in [-0.05, 0) is 36.7 Å². The summed E-state index contributed by atoms with van der Waals surface area (Å²) in [4.78, 5) is 0. The van der Waals surface area contributed by atoms with Crippen LogP contribution >= 0.6 is 0 Å². The number of anilines is 2. The molecule has 0 N–H and O–H groups in total. The summed E-state index contributed by atoms with van der Waals surface area (Å²) in [5.74, 6) is 4.26. The van der Waals surface area contributed by atoms with Gasteiger partial charge < -0.3 is 21.3 Å². The zero-order chi connectivity index (χ0) is 26.2. The number of rotatable bonds is 10. The first-order valence-electron chi connectivity index (χ1n) is 14.3. The van der Waals surface area contributed by atoms with Crippen LogP contribution in [0, 0.1) is 23.7 Å². The van der Waals surface area contributed by atoms with E-state index in [9.17, 15) is 0 Å². The largest absolute Gasteiger partial charge is 2.00 e. The van der Waals surface area contributed by atoms with E-state index in [2.05, 4.69) is 84.8 Å². The molecule has 2 aromatic rings. The molecular weight excluding hydrogens is 528 g/mol. The number of hydrazone groups is 2. The molecule has 2 aliphatic heterocycles. The van der Waals surface area contributed by atoms with Gasteiger partial charge in [-0.15, -0.1) is 11.8 Å². The van der Waals surface area contributed by atoms with E-state index >= 15 is 0 Å². The maximum Gasteiger partial charge on any atom is 2.00 e. The van der Waals surface area contributed by atoms with Crippen molar-refractivity contribution in [3.05, 3.63) is 72.5 Å². The molecule has 2 heterocycles. The molecule has 210 valence electrons. The van der Waals surface area contributed by atoms with Crippen molar-refractivity contribution in [2.24, 2.45) is 22.0 Å². The molecule has 6 nitrogen and oxygen atoms in total. The standard InChI is InChI=1S/2C16H21N2O.Fe/c2*1-13-6-5-7-14(13)10-17-18(11-16-12-19-16)15-8-3-2-4-9-15;/h2*2-4,8-10,14,16H,5-7,11-12H2,1H3;/q2*-1;+2/b2*17-10+;. The van der Waals surface area contributed by atoms with Crippen LogP contribution in [0.4, 0.5) is 11.4 Å². The van der Waals surface area contributed by atoms with Gasteiger partial charge in [-0.1, -0.05) is 62.1 Å². The summed E-state index contributed by atoms with van der Waals surface area (Å²) in [6.07, 6.45) is 12.6. The molecule has 39 heavy (non-hydrogen) atoms. The van der Waals surface area contributed by atoms with Gasteiger partial charge in [0, 0.05) is 0 Å². The van der Waals surface area contributed by atoms with Crippen molar-refractivity contribution < 1.29 is 26.5 Å². The molecule has 2 aromatic carbocycles. The van der Waals surface area contributed by atoms with Gasteiger partial charge in [-0.3, -0.25) is 10.0 Å².